The third-order valence-electron chi connectivity index (χ3n) is 2.43. The Morgan fingerprint density at radius 3 is 2.65 bits per heavy atom. The van der Waals surface area contributed by atoms with Crippen LogP contribution in [0.3, 0.4) is 0 Å². The van der Waals surface area contributed by atoms with Gasteiger partial charge in [0.1, 0.15) is 5.82 Å². The molecule has 2 aromatic rings. The molecule has 1 aromatic heterocycles. The molecule has 0 radical (unpaired) electrons. The zero-order valence-corrected chi connectivity index (χ0v) is 11.9. The summed E-state index contributed by atoms with van der Waals surface area (Å²) in [6.45, 7) is 0. The summed E-state index contributed by atoms with van der Waals surface area (Å²) in [5.41, 5.74) is 0.0576. The number of carbonyl (C=O) groups excluding carboxylic acids is 2. The van der Waals surface area contributed by atoms with E-state index in [1.807, 2.05) is 0 Å². The van der Waals surface area contributed by atoms with E-state index in [1.165, 1.54) is 19.2 Å². The number of halogens is 2. The second-order valence-corrected chi connectivity index (χ2v) is 4.52. The maximum absolute atomic E-state index is 13.2. The minimum atomic E-state index is -0.750. The quantitative estimate of drug-likeness (QED) is 0.870. The largest absolute Gasteiger partial charge is 0.465 e. The monoisotopic (exact) mass is 341 g/mol. The fraction of sp³-hybridized carbons (Fsp3) is 0.0769. The number of rotatable bonds is 3. The zero-order valence-electron chi connectivity index (χ0n) is 10.3. The first-order valence-electron chi connectivity index (χ1n) is 5.46. The molecule has 0 spiro atoms. The van der Waals surface area contributed by atoms with Crippen molar-refractivity contribution in [2.45, 2.75) is 0 Å². The van der Waals surface area contributed by atoms with E-state index in [4.69, 9.17) is 4.42 Å². The van der Waals surface area contributed by atoms with Gasteiger partial charge in [0.2, 0.25) is 0 Å². The Hall–Kier alpha value is -2.15. The summed E-state index contributed by atoms with van der Waals surface area (Å²) in [5, 5.41) is 2.46. The predicted molar refractivity (Wildman–Crippen MR) is 72.1 cm³/mol. The van der Waals surface area contributed by atoms with Gasteiger partial charge in [-0.25, -0.2) is 9.18 Å². The molecular weight excluding hydrogens is 333 g/mol. The van der Waals surface area contributed by atoms with Crippen molar-refractivity contribution in [3.63, 3.8) is 0 Å². The van der Waals surface area contributed by atoms with Crippen LogP contribution >= 0.6 is 15.9 Å². The fourth-order valence-electron chi connectivity index (χ4n) is 1.52. The molecule has 2 rings (SSSR count). The van der Waals surface area contributed by atoms with Crippen molar-refractivity contribution in [3.05, 3.63) is 52.1 Å². The summed E-state index contributed by atoms with van der Waals surface area (Å²) in [4.78, 5) is 23.4. The Kier molecular flexibility index (Phi) is 4.19. The highest BCUT2D eigenvalue weighted by Crippen LogP contribution is 2.20. The number of methoxy groups -OCH3 is 1. The van der Waals surface area contributed by atoms with Gasteiger partial charge in [0.05, 0.1) is 18.4 Å². The minimum absolute atomic E-state index is 0.0528. The number of amides is 1. The van der Waals surface area contributed by atoms with Crippen LogP contribution in [0.25, 0.3) is 0 Å². The predicted octanol–water partition coefficient (Wildman–Crippen LogP) is 3.22. The molecule has 0 aliphatic carbocycles. The third kappa shape index (κ3) is 3.05. The van der Waals surface area contributed by atoms with Crippen molar-refractivity contribution >= 4 is 33.5 Å². The summed E-state index contributed by atoms with van der Waals surface area (Å²) in [6, 6.07) is 6.40. The van der Waals surface area contributed by atoms with Crippen molar-refractivity contribution in [1.29, 1.82) is 0 Å². The summed E-state index contributed by atoms with van der Waals surface area (Å²) in [6.07, 6.45) is 0. The molecule has 1 N–H and O–H groups in total. The number of carbonyl (C=O) groups is 2. The molecule has 0 unspecified atom stereocenters. The first-order valence-corrected chi connectivity index (χ1v) is 6.25. The Morgan fingerprint density at radius 2 is 2.05 bits per heavy atom. The maximum atomic E-state index is 13.2. The molecule has 1 amide bonds. The molecular formula is C13H9BrFNO4. The van der Waals surface area contributed by atoms with E-state index in [0.29, 0.717) is 4.67 Å². The Bertz CT molecular complexity index is 668. The van der Waals surface area contributed by atoms with Gasteiger partial charge in [0.15, 0.2) is 10.4 Å². The molecule has 1 heterocycles. The van der Waals surface area contributed by atoms with Gasteiger partial charge in [-0.15, -0.1) is 0 Å². The van der Waals surface area contributed by atoms with Crippen LogP contribution in [0.5, 0.6) is 0 Å². The van der Waals surface area contributed by atoms with Gasteiger partial charge in [0.25, 0.3) is 5.91 Å². The number of ether oxygens (including phenoxy) is 1. The number of benzene rings is 1. The van der Waals surface area contributed by atoms with Gasteiger partial charge >= 0.3 is 5.97 Å². The molecule has 0 bridgehead atoms. The van der Waals surface area contributed by atoms with Crippen LogP contribution in [0.2, 0.25) is 0 Å². The van der Waals surface area contributed by atoms with Gasteiger partial charge in [-0.2, -0.15) is 0 Å². The maximum Gasteiger partial charge on any atom is 0.340 e. The molecule has 1 aromatic carbocycles. The first-order chi connectivity index (χ1) is 9.51. The van der Waals surface area contributed by atoms with E-state index >= 15 is 0 Å². The number of esters is 1. The number of furan rings is 1. The molecule has 0 saturated carbocycles. The van der Waals surface area contributed by atoms with E-state index in [1.54, 1.807) is 6.07 Å². The summed E-state index contributed by atoms with van der Waals surface area (Å²) >= 11 is 3.07. The second-order valence-electron chi connectivity index (χ2n) is 3.74. The van der Waals surface area contributed by atoms with E-state index < -0.39 is 17.7 Å². The molecule has 0 aliphatic heterocycles. The van der Waals surface area contributed by atoms with Crippen LogP contribution in [0, 0.1) is 5.82 Å². The van der Waals surface area contributed by atoms with Crippen molar-refractivity contribution < 1.29 is 23.1 Å². The van der Waals surface area contributed by atoms with Crippen LogP contribution in [0.4, 0.5) is 10.1 Å². The first kappa shape index (κ1) is 14.3. The molecule has 7 heteroatoms. The highest BCUT2D eigenvalue weighted by molar-refractivity contribution is 9.10. The molecule has 0 atom stereocenters. The Morgan fingerprint density at radius 1 is 1.30 bits per heavy atom. The minimum Gasteiger partial charge on any atom is -0.465 e. The van der Waals surface area contributed by atoms with Crippen LogP contribution < -0.4 is 5.32 Å². The van der Waals surface area contributed by atoms with Crippen LogP contribution in [-0.4, -0.2) is 19.0 Å². The lowest BCUT2D eigenvalue weighted by atomic mass is 10.1. The van der Waals surface area contributed by atoms with E-state index in [0.717, 1.165) is 12.1 Å². The van der Waals surface area contributed by atoms with Gasteiger partial charge in [-0.3, -0.25) is 4.79 Å². The third-order valence-corrected chi connectivity index (χ3v) is 2.86. The number of nitrogens with one attached hydrogen (secondary N) is 1. The Labute approximate surface area is 121 Å². The van der Waals surface area contributed by atoms with Crippen molar-refractivity contribution in [2.24, 2.45) is 0 Å². The molecule has 104 valence electrons. The molecule has 0 saturated heterocycles. The van der Waals surface area contributed by atoms with Gasteiger partial charge < -0.3 is 14.5 Å². The topological polar surface area (TPSA) is 68.5 Å². The summed E-state index contributed by atoms with van der Waals surface area (Å²) in [5.74, 6) is -1.87. The smallest absolute Gasteiger partial charge is 0.340 e. The van der Waals surface area contributed by atoms with Crippen LogP contribution in [-0.2, 0) is 4.74 Å². The molecule has 0 aliphatic rings. The van der Waals surface area contributed by atoms with Gasteiger partial charge in [-0.1, -0.05) is 0 Å². The van der Waals surface area contributed by atoms with Crippen LogP contribution in [0.15, 0.2) is 39.4 Å². The van der Waals surface area contributed by atoms with Gasteiger partial charge in [-0.05, 0) is 46.3 Å². The SMILES string of the molecule is COC(=O)c1cc(F)ccc1NC(=O)c1ccc(Br)o1. The number of hydrogen-bond donors (Lipinski definition) is 1. The lowest BCUT2D eigenvalue weighted by molar-refractivity contribution is 0.0601. The van der Waals surface area contributed by atoms with Crippen LogP contribution in [0.1, 0.15) is 20.9 Å². The van der Waals surface area contributed by atoms with E-state index in [2.05, 4.69) is 26.0 Å². The normalized spacial score (nSPS) is 10.2. The lowest BCUT2D eigenvalue weighted by Crippen LogP contribution is -2.15. The van der Waals surface area contributed by atoms with E-state index in [9.17, 15) is 14.0 Å². The van der Waals surface area contributed by atoms with Crippen molar-refractivity contribution in [3.8, 4) is 0 Å². The summed E-state index contributed by atoms with van der Waals surface area (Å²) < 4.78 is 23.2. The Balaban J connectivity index is 2.29. The summed E-state index contributed by atoms with van der Waals surface area (Å²) in [7, 11) is 1.17. The molecule has 20 heavy (non-hydrogen) atoms. The van der Waals surface area contributed by atoms with Crippen molar-refractivity contribution in [2.75, 3.05) is 12.4 Å². The van der Waals surface area contributed by atoms with Crippen molar-refractivity contribution in [1.82, 2.24) is 0 Å². The lowest BCUT2D eigenvalue weighted by Gasteiger charge is -2.08. The van der Waals surface area contributed by atoms with E-state index in [-0.39, 0.29) is 17.0 Å². The second kappa shape index (κ2) is 5.87. The fourth-order valence-corrected chi connectivity index (χ4v) is 1.83. The molecule has 5 nitrogen and oxygen atoms in total. The zero-order chi connectivity index (χ0) is 14.7. The standard InChI is InChI=1S/C13H9BrFNO4/c1-19-13(18)8-6-7(15)2-3-9(8)16-12(17)10-4-5-11(14)20-10/h2-6H,1H3,(H,16,17). The highest BCUT2D eigenvalue weighted by Gasteiger charge is 2.17. The number of hydrogen-bond acceptors (Lipinski definition) is 4. The highest BCUT2D eigenvalue weighted by atomic mass is 79.9. The number of anilines is 1. The average Bonchev–Trinajstić information content (AvgIpc) is 2.86. The molecule has 0 fully saturated rings. The van der Waals surface area contributed by atoms with Gasteiger partial charge in [0, 0.05) is 0 Å². The average molecular weight is 342 g/mol.